The molecule has 0 saturated carbocycles. The quantitative estimate of drug-likeness (QED) is 0.568. The van der Waals surface area contributed by atoms with Crippen LogP contribution in [0.15, 0.2) is 60.8 Å². The lowest BCUT2D eigenvalue weighted by Gasteiger charge is -2.23. The molecule has 3 rings (SSSR count). The van der Waals surface area contributed by atoms with Crippen molar-refractivity contribution in [3.8, 4) is 5.75 Å². The van der Waals surface area contributed by atoms with Crippen LogP contribution in [0, 0.1) is 5.92 Å². The predicted molar refractivity (Wildman–Crippen MR) is 116 cm³/mol. The molecule has 27 heavy (non-hydrogen) atoms. The molecule has 0 saturated heterocycles. The zero-order valence-corrected chi connectivity index (χ0v) is 16.7. The molecule has 1 aromatic heterocycles. The van der Waals surface area contributed by atoms with Crippen LogP contribution < -0.4 is 15.4 Å². The first-order chi connectivity index (χ1) is 13.1. The topological polar surface area (TPSA) is 46.2 Å². The lowest BCUT2D eigenvalue weighted by Crippen LogP contribution is -2.33. The average Bonchev–Trinajstić information content (AvgIpc) is 2.68. The van der Waals surface area contributed by atoms with Gasteiger partial charge >= 0.3 is 0 Å². The molecule has 0 spiro atoms. The number of hydrogen-bond acceptors (Lipinski definition) is 3. The standard InChI is InChI=1S/C22H25N3OS/c1-15(2)14-19(16-8-5-4-6-9-16)25-22(27)24-18-11-12-20(26-3)21-17(18)10-7-13-23-21/h4-13,15,19H,14H2,1-3H3,(H2,24,25,27)/t19-/m0/s1. The van der Waals surface area contributed by atoms with Crippen LogP contribution in [0.5, 0.6) is 5.75 Å². The molecule has 4 nitrogen and oxygen atoms in total. The summed E-state index contributed by atoms with van der Waals surface area (Å²) >= 11 is 5.62. The molecule has 0 bridgehead atoms. The van der Waals surface area contributed by atoms with E-state index >= 15 is 0 Å². The summed E-state index contributed by atoms with van der Waals surface area (Å²) in [5.74, 6) is 1.30. The van der Waals surface area contributed by atoms with Gasteiger partial charge in [0.15, 0.2) is 5.11 Å². The fourth-order valence-electron chi connectivity index (χ4n) is 3.17. The van der Waals surface area contributed by atoms with Crippen molar-refractivity contribution in [1.82, 2.24) is 10.3 Å². The molecule has 0 amide bonds. The van der Waals surface area contributed by atoms with Gasteiger partial charge in [-0.15, -0.1) is 0 Å². The van der Waals surface area contributed by atoms with Gasteiger partial charge in [-0.2, -0.15) is 0 Å². The first-order valence-corrected chi connectivity index (χ1v) is 9.53. The molecule has 0 fully saturated rings. The number of thiocarbonyl (C=S) groups is 1. The largest absolute Gasteiger partial charge is 0.494 e. The van der Waals surface area contributed by atoms with E-state index in [9.17, 15) is 0 Å². The van der Waals surface area contributed by atoms with Crippen molar-refractivity contribution in [2.24, 2.45) is 5.92 Å². The highest BCUT2D eigenvalue weighted by Gasteiger charge is 2.15. The van der Waals surface area contributed by atoms with Gasteiger partial charge in [0, 0.05) is 17.3 Å². The molecule has 0 aliphatic rings. The van der Waals surface area contributed by atoms with E-state index in [0.717, 1.165) is 28.8 Å². The Morgan fingerprint density at radius 2 is 1.85 bits per heavy atom. The first-order valence-electron chi connectivity index (χ1n) is 9.12. The van der Waals surface area contributed by atoms with E-state index in [1.165, 1.54) is 5.56 Å². The third kappa shape index (κ3) is 4.74. The van der Waals surface area contributed by atoms with Crippen LogP contribution in [0.25, 0.3) is 10.9 Å². The molecular weight excluding hydrogens is 354 g/mol. The summed E-state index contributed by atoms with van der Waals surface area (Å²) < 4.78 is 5.41. The minimum atomic E-state index is 0.161. The Morgan fingerprint density at radius 3 is 2.56 bits per heavy atom. The highest BCUT2D eigenvalue weighted by Crippen LogP contribution is 2.30. The highest BCUT2D eigenvalue weighted by atomic mass is 32.1. The third-order valence-corrected chi connectivity index (χ3v) is 4.64. The number of rotatable bonds is 6. The van der Waals surface area contributed by atoms with Gasteiger partial charge in [-0.05, 0) is 54.4 Å². The second kappa shape index (κ2) is 8.82. The Bertz CT molecular complexity index is 912. The Kier molecular flexibility index (Phi) is 6.24. The number of hydrogen-bond donors (Lipinski definition) is 2. The number of anilines is 1. The predicted octanol–water partition coefficient (Wildman–Crippen LogP) is 5.32. The second-order valence-corrected chi connectivity index (χ2v) is 7.31. The highest BCUT2D eigenvalue weighted by molar-refractivity contribution is 7.80. The van der Waals surface area contributed by atoms with Crippen LogP contribution in [0.3, 0.4) is 0 Å². The normalized spacial score (nSPS) is 12.0. The van der Waals surface area contributed by atoms with Crippen molar-refractivity contribution in [3.05, 3.63) is 66.4 Å². The van der Waals surface area contributed by atoms with E-state index in [1.807, 2.05) is 30.3 Å². The van der Waals surface area contributed by atoms with E-state index in [1.54, 1.807) is 13.3 Å². The summed E-state index contributed by atoms with van der Waals surface area (Å²) in [6.45, 7) is 4.44. The maximum atomic E-state index is 5.62. The number of benzene rings is 2. The number of nitrogens with one attached hydrogen (secondary N) is 2. The first kappa shape index (κ1) is 19.1. The van der Waals surface area contributed by atoms with Gasteiger partial charge < -0.3 is 15.4 Å². The Balaban J connectivity index is 1.81. The van der Waals surface area contributed by atoms with Crippen molar-refractivity contribution in [3.63, 3.8) is 0 Å². The summed E-state index contributed by atoms with van der Waals surface area (Å²) in [6.07, 6.45) is 2.76. The summed E-state index contributed by atoms with van der Waals surface area (Å²) in [4.78, 5) is 4.44. The fraction of sp³-hybridized carbons (Fsp3) is 0.273. The Morgan fingerprint density at radius 1 is 1.07 bits per heavy atom. The van der Waals surface area contributed by atoms with Crippen molar-refractivity contribution in [2.45, 2.75) is 26.3 Å². The summed E-state index contributed by atoms with van der Waals surface area (Å²) in [5, 5.41) is 8.38. The fourth-order valence-corrected chi connectivity index (χ4v) is 3.42. The van der Waals surface area contributed by atoms with Gasteiger partial charge in [-0.3, -0.25) is 4.98 Å². The van der Waals surface area contributed by atoms with E-state index < -0.39 is 0 Å². The van der Waals surface area contributed by atoms with Gasteiger partial charge in [0.1, 0.15) is 11.3 Å². The Hall–Kier alpha value is -2.66. The van der Waals surface area contributed by atoms with Gasteiger partial charge in [0.25, 0.3) is 0 Å². The maximum Gasteiger partial charge on any atom is 0.171 e. The lowest BCUT2D eigenvalue weighted by molar-refractivity contribution is 0.419. The lowest BCUT2D eigenvalue weighted by atomic mass is 9.97. The van der Waals surface area contributed by atoms with Gasteiger partial charge in [-0.25, -0.2) is 0 Å². The molecule has 0 aliphatic heterocycles. The molecule has 2 N–H and O–H groups in total. The van der Waals surface area contributed by atoms with Crippen LogP contribution in [0.1, 0.15) is 31.9 Å². The summed E-state index contributed by atoms with van der Waals surface area (Å²) in [5.41, 5.74) is 2.96. The Labute approximate surface area is 166 Å². The molecule has 1 heterocycles. The molecule has 0 radical (unpaired) electrons. The smallest absolute Gasteiger partial charge is 0.171 e. The number of pyridine rings is 1. The van der Waals surface area contributed by atoms with Crippen LogP contribution in [-0.4, -0.2) is 17.2 Å². The molecular formula is C22H25N3OS. The van der Waals surface area contributed by atoms with E-state index in [-0.39, 0.29) is 6.04 Å². The monoisotopic (exact) mass is 379 g/mol. The van der Waals surface area contributed by atoms with Crippen molar-refractivity contribution in [1.29, 1.82) is 0 Å². The molecule has 140 valence electrons. The minimum absolute atomic E-state index is 0.161. The van der Waals surface area contributed by atoms with Crippen LogP contribution in [0.4, 0.5) is 5.69 Å². The molecule has 3 aromatic rings. The van der Waals surface area contributed by atoms with E-state index in [4.69, 9.17) is 17.0 Å². The van der Waals surface area contributed by atoms with Crippen molar-refractivity contribution < 1.29 is 4.74 Å². The molecule has 2 aromatic carbocycles. The van der Waals surface area contributed by atoms with Crippen molar-refractivity contribution >= 4 is 33.9 Å². The molecule has 1 atom stereocenters. The number of aromatic nitrogens is 1. The summed E-state index contributed by atoms with van der Waals surface area (Å²) in [6, 6.07) is 18.4. The number of fused-ring (bicyclic) bond motifs is 1. The van der Waals surface area contributed by atoms with Gasteiger partial charge in [0.2, 0.25) is 0 Å². The van der Waals surface area contributed by atoms with Crippen LogP contribution >= 0.6 is 12.2 Å². The maximum absolute atomic E-state index is 5.62. The van der Waals surface area contributed by atoms with Crippen molar-refractivity contribution in [2.75, 3.05) is 12.4 Å². The van der Waals surface area contributed by atoms with Crippen LogP contribution in [0.2, 0.25) is 0 Å². The second-order valence-electron chi connectivity index (χ2n) is 6.91. The number of ether oxygens (including phenoxy) is 1. The SMILES string of the molecule is COc1ccc(NC(=S)N[C@@H](CC(C)C)c2ccccc2)c2cccnc12. The van der Waals surface area contributed by atoms with E-state index in [0.29, 0.717) is 11.0 Å². The van der Waals surface area contributed by atoms with E-state index in [2.05, 4.69) is 53.7 Å². The third-order valence-electron chi connectivity index (χ3n) is 4.42. The molecule has 0 unspecified atom stereocenters. The van der Waals surface area contributed by atoms with Gasteiger partial charge in [0.05, 0.1) is 13.2 Å². The number of nitrogens with zero attached hydrogens (tertiary/aromatic N) is 1. The van der Waals surface area contributed by atoms with Gasteiger partial charge in [-0.1, -0.05) is 44.2 Å². The number of methoxy groups -OCH3 is 1. The molecule has 0 aliphatic carbocycles. The van der Waals surface area contributed by atoms with Crippen LogP contribution in [-0.2, 0) is 0 Å². The zero-order valence-electron chi connectivity index (χ0n) is 15.9. The summed E-state index contributed by atoms with van der Waals surface area (Å²) in [7, 11) is 1.65. The zero-order chi connectivity index (χ0) is 19.2. The molecule has 5 heteroatoms. The minimum Gasteiger partial charge on any atom is -0.494 e. The average molecular weight is 380 g/mol.